The van der Waals surface area contributed by atoms with Gasteiger partial charge in [0.15, 0.2) is 0 Å². The van der Waals surface area contributed by atoms with Crippen LogP contribution < -0.4 is 0 Å². The van der Waals surface area contributed by atoms with Gasteiger partial charge in [0.25, 0.3) is 0 Å². The highest BCUT2D eigenvalue weighted by Crippen LogP contribution is 2.51. The molecule has 1 aliphatic heterocycles. The topological polar surface area (TPSA) is 12.5 Å². The van der Waals surface area contributed by atoms with Crippen molar-refractivity contribution in [3.63, 3.8) is 0 Å². The standard InChI is InChI=1S/C11H22O/c1-7(2)10-11(12-10,8(3)4)9(5)6/h7-10H,1-6H3. The van der Waals surface area contributed by atoms with Gasteiger partial charge in [-0.3, -0.25) is 0 Å². The molecule has 1 heterocycles. The van der Waals surface area contributed by atoms with E-state index in [0.717, 1.165) is 0 Å². The molecular formula is C11H22O. The molecule has 72 valence electrons. The predicted molar refractivity (Wildman–Crippen MR) is 52.1 cm³/mol. The van der Waals surface area contributed by atoms with Gasteiger partial charge in [-0.1, -0.05) is 41.5 Å². The van der Waals surface area contributed by atoms with Crippen LogP contribution in [0.3, 0.4) is 0 Å². The monoisotopic (exact) mass is 170 g/mol. The lowest BCUT2D eigenvalue weighted by Crippen LogP contribution is -2.30. The summed E-state index contributed by atoms with van der Waals surface area (Å²) in [7, 11) is 0. The van der Waals surface area contributed by atoms with E-state index in [1.165, 1.54) is 0 Å². The smallest absolute Gasteiger partial charge is 0.0996 e. The van der Waals surface area contributed by atoms with Gasteiger partial charge >= 0.3 is 0 Å². The van der Waals surface area contributed by atoms with E-state index in [9.17, 15) is 0 Å². The molecule has 1 fully saturated rings. The number of ether oxygens (including phenoxy) is 1. The maximum Gasteiger partial charge on any atom is 0.0996 e. The van der Waals surface area contributed by atoms with Gasteiger partial charge in [0.2, 0.25) is 0 Å². The zero-order valence-corrected chi connectivity index (χ0v) is 9.22. The van der Waals surface area contributed by atoms with Crippen LogP contribution in [0.5, 0.6) is 0 Å². The molecule has 0 aromatic rings. The molecule has 0 N–H and O–H groups in total. The fraction of sp³-hybridized carbons (Fsp3) is 1.00. The molecule has 0 aromatic heterocycles. The lowest BCUT2D eigenvalue weighted by atomic mass is 9.79. The van der Waals surface area contributed by atoms with Crippen molar-refractivity contribution >= 4 is 0 Å². The Balaban J connectivity index is 2.69. The second-order valence-electron chi connectivity index (χ2n) is 4.95. The van der Waals surface area contributed by atoms with E-state index in [4.69, 9.17) is 4.74 Å². The second kappa shape index (κ2) is 3.02. The summed E-state index contributed by atoms with van der Waals surface area (Å²) in [5, 5.41) is 0. The Morgan fingerprint density at radius 3 is 1.42 bits per heavy atom. The van der Waals surface area contributed by atoms with Gasteiger partial charge in [0.05, 0.1) is 11.7 Å². The summed E-state index contributed by atoms with van der Waals surface area (Å²) in [6.45, 7) is 13.6. The summed E-state index contributed by atoms with van der Waals surface area (Å²) in [4.78, 5) is 0. The quantitative estimate of drug-likeness (QED) is 0.593. The first-order valence-corrected chi connectivity index (χ1v) is 5.10. The molecule has 0 amide bonds. The number of hydrogen-bond acceptors (Lipinski definition) is 1. The number of rotatable bonds is 3. The summed E-state index contributed by atoms with van der Waals surface area (Å²) < 4.78 is 5.89. The van der Waals surface area contributed by atoms with Crippen molar-refractivity contribution in [1.82, 2.24) is 0 Å². The van der Waals surface area contributed by atoms with Crippen LogP contribution in [0.25, 0.3) is 0 Å². The van der Waals surface area contributed by atoms with E-state index < -0.39 is 0 Å². The third-order valence-corrected chi connectivity index (χ3v) is 3.13. The number of hydrogen-bond donors (Lipinski definition) is 0. The van der Waals surface area contributed by atoms with Crippen LogP contribution in [0, 0.1) is 17.8 Å². The van der Waals surface area contributed by atoms with E-state index in [1.54, 1.807) is 0 Å². The van der Waals surface area contributed by atoms with Crippen LogP contribution >= 0.6 is 0 Å². The third-order valence-electron chi connectivity index (χ3n) is 3.13. The summed E-state index contributed by atoms with van der Waals surface area (Å²) >= 11 is 0. The molecule has 0 aliphatic carbocycles. The average Bonchev–Trinajstić information content (AvgIpc) is 2.60. The van der Waals surface area contributed by atoms with Crippen LogP contribution in [-0.4, -0.2) is 11.7 Å². The molecule has 0 aromatic carbocycles. The van der Waals surface area contributed by atoms with Gasteiger partial charge in [0.1, 0.15) is 0 Å². The van der Waals surface area contributed by atoms with Crippen LogP contribution in [0.1, 0.15) is 41.5 Å². The van der Waals surface area contributed by atoms with Gasteiger partial charge in [-0.15, -0.1) is 0 Å². The lowest BCUT2D eigenvalue weighted by molar-refractivity contribution is 0.179. The average molecular weight is 170 g/mol. The van der Waals surface area contributed by atoms with Crippen molar-refractivity contribution in [2.75, 3.05) is 0 Å². The normalized spacial score (nSPS) is 27.2. The zero-order valence-electron chi connectivity index (χ0n) is 9.22. The molecule has 0 spiro atoms. The molecule has 0 saturated carbocycles. The van der Waals surface area contributed by atoms with E-state index in [0.29, 0.717) is 23.9 Å². The highest BCUT2D eigenvalue weighted by molar-refractivity contribution is 5.07. The minimum Gasteiger partial charge on any atom is -0.365 e. The summed E-state index contributed by atoms with van der Waals surface area (Å²) in [5.74, 6) is 1.95. The fourth-order valence-electron chi connectivity index (χ4n) is 2.44. The molecule has 1 atom stereocenters. The van der Waals surface area contributed by atoms with Crippen molar-refractivity contribution in [1.29, 1.82) is 0 Å². The van der Waals surface area contributed by atoms with Gasteiger partial charge in [0, 0.05) is 0 Å². The van der Waals surface area contributed by atoms with Crippen LogP contribution in [-0.2, 0) is 4.74 Å². The number of epoxide rings is 1. The van der Waals surface area contributed by atoms with Gasteiger partial charge < -0.3 is 4.74 Å². The maximum atomic E-state index is 5.89. The van der Waals surface area contributed by atoms with Crippen molar-refractivity contribution in [2.45, 2.75) is 53.2 Å². The Labute approximate surface area is 76.5 Å². The second-order valence-corrected chi connectivity index (χ2v) is 4.95. The first-order valence-electron chi connectivity index (χ1n) is 5.10. The molecule has 0 radical (unpaired) electrons. The molecule has 1 heteroatoms. The Kier molecular flexibility index (Phi) is 2.53. The Morgan fingerprint density at radius 1 is 0.917 bits per heavy atom. The summed E-state index contributed by atoms with van der Waals surface area (Å²) in [6, 6.07) is 0. The lowest BCUT2D eigenvalue weighted by Gasteiger charge is -2.22. The molecule has 12 heavy (non-hydrogen) atoms. The van der Waals surface area contributed by atoms with E-state index in [-0.39, 0.29) is 5.60 Å². The minimum absolute atomic E-state index is 0.189. The van der Waals surface area contributed by atoms with Crippen molar-refractivity contribution in [2.24, 2.45) is 17.8 Å². The first kappa shape index (κ1) is 10.0. The van der Waals surface area contributed by atoms with E-state index in [1.807, 2.05) is 0 Å². The summed E-state index contributed by atoms with van der Waals surface area (Å²) in [6.07, 6.45) is 0.498. The Bertz CT molecular complexity index is 150. The third kappa shape index (κ3) is 1.28. The van der Waals surface area contributed by atoms with Gasteiger partial charge in [-0.25, -0.2) is 0 Å². The zero-order chi connectivity index (χ0) is 9.52. The van der Waals surface area contributed by atoms with Crippen molar-refractivity contribution in [3.8, 4) is 0 Å². The fourth-order valence-corrected chi connectivity index (χ4v) is 2.44. The van der Waals surface area contributed by atoms with E-state index in [2.05, 4.69) is 41.5 Å². The van der Waals surface area contributed by atoms with Gasteiger partial charge in [-0.05, 0) is 17.8 Å². The molecule has 1 unspecified atom stereocenters. The summed E-state index contributed by atoms with van der Waals surface area (Å²) in [5.41, 5.74) is 0.189. The minimum atomic E-state index is 0.189. The highest BCUT2D eigenvalue weighted by atomic mass is 16.6. The molecule has 0 bridgehead atoms. The van der Waals surface area contributed by atoms with Crippen LogP contribution in [0.2, 0.25) is 0 Å². The van der Waals surface area contributed by atoms with E-state index >= 15 is 0 Å². The van der Waals surface area contributed by atoms with Crippen LogP contribution in [0.15, 0.2) is 0 Å². The molecule has 1 nitrogen and oxygen atoms in total. The van der Waals surface area contributed by atoms with Gasteiger partial charge in [-0.2, -0.15) is 0 Å². The Hall–Kier alpha value is -0.0400. The molecular weight excluding hydrogens is 148 g/mol. The van der Waals surface area contributed by atoms with Crippen molar-refractivity contribution < 1.29 is 4.74 Å². The highest BCUT2D eigenvalue weighted by Gasteiger charge is 2.61. The van der Waals surface area contributed by atoms with Crippen molar-refractivity contribution in [3.05, 3.63) is 0 Å². The first-order chi connectivity index (χ1) is 5.43. The van der Waals surface area contributed by atoms with Crippen LogP contribution in [0.4, 0.5) is 0 Å². The Morgan fingerprint density at radius 2 is 1.33 bits per heavy atom. The SMILES string of the molecule is CC(C)C1OC1(C(C)C)C(C)C. The molecule has 1 aliphatic rings. The molecule has 1 saturated heterocycles. The maximum absolute atomic E-state index is 5.89. The predicted octanol–water partition coefficient (Wildman–Crippen LogP) is 3.09. The molecule has 1 rings (SSSR count). The largest absolute Gasteiger partial charge is 0.365 e.